The van der Waals surface area contributed by atoms with Crippen LogP contribution in [0.3, 0.4) is 0 Å². The first-order chi connectivity index (χ1) is 8.22. The van der Waals surface area contributed by atoms with Gasteiger partial charge in [-0.05, 0) is 52.8 Å². The van der Waals surface area contributed by atoms with E-state index < -0.39 is 0 Å². The Morgan fingerprint density at radius 1 is 1.41 bits per heavy atom. The molecule has 0 aromatic heterocycles. The maximum atomic E-state index is 5.71. The van der Waals surface area contributed by atoms with Gasteiger partial charge in [0.05, 0.1) is 18.2 Å². The number of hydrogen-bond donors (Lipinski definition) is 1. The van der Waals surface area contributed by atoms with Crippen LogP contribution in [0, 0.1) is 0 Å². The van der Waals surface area contributed by atoms with Gasteiger partial charge in [-0.2, -0.15) is 11.8 Å². The van der Waals surface area contributed by atoms with E-state index in [2.05, 4.69) is 22.2 Å². The SMILES string of the molecule is COc1cc(CCN)cc(Br)c1OCCSC. The van der Waals surface area contributed by atoms with Crippen molar-refractivity contribution >= 4 is 27.7 Å². The van der Waals surface area contributed by atoms with Gasteiger partial charge in [0.1, 0.15) is 0 Å². The summed E-state index contributed by atoms with van der Waals surface area (Å²) in [6.45, 7) is 1.30. The molecule has 17 heavy (non-hydrogen) atoms. The van der Waals surface area contributed by atoms with Crippen LogP contribution in [0.4, 0.5) is 0 Å². The van der Waals surface area contributed by atoms with Crippen LogP contribution in [0.1, 0.15) is 5.56 Å². The summed E-state index contributed by atoms with van der Waals surface area (Å²) in [5.74, 6) is 2.48. The van der Waals surface area contributed by atoms with Crippen molar-refractivity contribution in [1.29, 1.82) is 0 Å². The molecule has 0 spiro atoms. The maximum Gasteiger partial charge on any atom is 0.175 e. The smallest absolute Gasteiger partial charge is 0.175 e. The molecule has 5 heteroatoms. The van der Waals surface area contributed by atoms with Gasteiger partial charge in [-0.15, -0.1) is 0 Å². The first-order valence-electron chi connectivity index (χ1n) is 5.41. The Balaban J connectivity index is 2.87. The Morgan fingerprint density at radius 2 is 2.18 bits per heavy atom. The second-order valence-corrected chi connectivity index (χ2v) is 5.33. The Hall–Kier alpha value is -0.390. The number of methoxy groups -OCH3 is 1. The summed E-state index contributed by atoms with van der Waals surface area (Å²) in [4.78, 5) is 0. The van der Waals surface area contributed by atoms with E-state index in [1.165, 1.54) is 0 Å². The van der Waals surface area contributed by atoms with Crippen LogP contribution in [0.5, 0.6) is 11.5 Å². The van der Waals surface area contributed by atoms with Crippen LogP contribution in [-0.2, 0) is 6.42 Å². The molecular formula is C12H18BrNO2S. The standard InChI is InChI=1S/C12H18BrNO2S/c1-15-11-8-9(3-4-14)7-10(13)12(11)16-5-6-17-2/h7-8H,3-6,14H2,1-2H3. The van der Waals surface area contributed by atoms with Gasteiger partial charge in [0.2, 0.25) is 0 Å². The van der Waals surface area contributed by atoms with Crippen LogP contribution in [0.25, 0.3) is 0 Å². The minimum atomic E-state index is 0.627. The minimum Gasteiger partial charge on any atom is -0.493 e. The Bertz CT molecular complexity index is 361. The van der Waals surface area contributed by atoms with Crippen molar-refractivity contribution in [2.24, 2.45) is 5.73 Å². The van der Waals surface area contributed by atoms with E-state index in [0.29, 0.717) is 13.2 Å². The summed E-state index contributed by atoms with van der Waals surface area (Å²) in [7, 11) is 1.65. The van der Waals surface area contributed by atoms with Crippen molar-refractivity contribution in [2.45, 2.75) is 6.42 Å². The van der Waals surface area contributed by atoms with Crippen LogP contribution >= 0.6 is 27.7 Å². The lowest BCUT2D eigenvalue weighted by atomic mass is 10.1. The minimum absolute atomic E-state index is 0.627. The Morgan fingerprint density at radius 3 is 2.76 bits per heavy atom. The molecule has 1 aromatic carbocycles. The van der Waals surface area contributed by atoms with Gasteiger partial charge < -0.3 is 15.2 Å². The molecule has 0 radical (unpaired) electrons. The fourth-order valence-corrected chi connectivity index (χ4v) is 2.31. The average Bonchev–Trinajstić information content (AvgIpc) is 2.32. The number of rotatable bonds is 7. The summed E-state index contributed by atoms with van der Waals surface area (Å²) < 4.78 is 12.0. The Kier molecular flexibility index (Phi) is 6.77. The topological polar surface area (TPSA) is 44.5 Å². The lowest BCUT2D eigenvalue weighted by Crippen LogP contribution is -2.05. The lowest BCUT2D eigenvalue weighted by Gasteiger charge is -2.14. The molecule has 0 unspecified atom stereocenters. The van der Waals surface area contributed by atoms with Crippen LogP contribution in [-0.4, -0.2) is 32.3 Å². The van der Waals surface area contributed by atoms with Crippen molar-refractivity contribution in [3.8, 4) is 11.5 Å². The van der Waals surface area contributed by atoms with Gasteiger partial charge in [0.25, 0.3) is 0 Å². The fourth-order valence-electron chi connectivity index (χ4n) is 1.45. The summed E-state index contributed by atoms with van der Waals surface area (Å²) in [6, 6.07) is 4.01. The highest BCUT2D eigenvalue weighted by atomic mass is 79.9. The van der Waals surface area contributed by atoms with E-state index in [4.69, 9.17) is 15.2 Å². The van der Waals surface area contributed by atoms with Crippen molar-refractivity contribution in [3.05, 3.63) is 22.2 Å². The first kappa shape index (κ1) is 14.7. The second-order valence-electron chi connectivity index (χ2n) is 3.49. The van der Waals surface area contributed by atoms with Gasteiger partial charge >= 0.3 is 0 Å². The molecule has 2 N–H and O–H groups in total. The molecule has 0 saturated carbocycles. The highest BCUT2D eigenvalue weighted by Crippen LogP contribution is 2.36. The van der Waals surface area contributed by atoms with Crippen molar-refractivity contribution in [2.75, 3.05) is 32.3 Å². The lowest BCUT2D eigenvalue weighted by molar-refractivity contribution is 0.311. The fraction of sp³-hybridized carbons (Fsp3) is 0.500. The molecule has 3 nitrogen and oxygen atoms in total. The number of halogens is 1. The van der Waals surface area contributed by atoms with E-state index >= 15 is 0 Å². The third-order valence-corrected chi connectivity index (χ3v) is 3.42. The van der Waals surface area contributed by atoms with Gasteiger partial charge in [-0.3, -0.25) is 0 Å². The van der Waals surface area contributed by atoms with Gasteiger partial charge in [-0.1, -0.05) is 0 Å². The number of hydrogen-bond acceptors (Lipinski definition) is 4. The molecule has 0 aliphatic carbocycles. The summed E-state index contributed by atoms with van der Waals surface area (Å²) >= 11 is 5.26. The molecule has 0 saturated heterocycles. The molecule has 0 aliphatic heterocycles. The monoisotopic (exact) mass is 319 g/mol. The van der Waals surface area contributed by atoms with E-state index in [9.17, 15) is 0 Å². The maximum absolute atomic E-state index is 5.71. The zero-order chi connectivity index (χ0) is 12.7. The van der Waals surface area contributed by atoms with E-state index in [0.717, 1.165) is 33.7 Å². The van der Waals surface area contributed by atoms with E-state index in [1.807, 2.05) is 12.1 Å². The number of benzene rings is 1. The number of nitrogens with two attached hydrogens (primary N) is 1. The van der Waals surface area contributed by atoms with Gasteiger partial charge in [0, 0.05) is 5.75 Å². The molecule has 0 bridgehead atoms. The molecule has 0 aliphatic rings. The highest BCUT2D eigenvalue weighted by molar-refractivity contribution is 9.10. The molecule has 96 valence electrons. The third kappa shape index (κ3) is 4.41. The summed E-state index contributed by atoms with van der Waals surface area (Å²) in [5.41, 5.74) is 6.70. The van der Waals surface area contributed by atoms with E-state index in [1.54, 1.807) is 18.9 Å². The molecule has 0 heterocycles. The predicted octanol–water partition coefficient (Wildman–Crippen LogP) is 2.70. The van der Waals surface area contributed by atoms with Crippen molar-refractivity contribution in [3.63, 3.8) is 0 Å². The van der Waals surface area contributed by atoms with Crippen LogP contribution in [0.15, 0.2) is 16.6 Å². The molecule has 0 atom stereocenters. The van der Waals surface area contributed by atoms with E-state index in [-0.39, 0.29) is 0 Å². The zero-order valence-electron chi connectivity index (χ0n) is 10.2. The predicted molar refractivity (Wildman–Crippen MR) is 77.3 cm³/mol. The second kappa shape index (κ2) is 7.84. The largest absolute Gasteiger partial charge is 0.493 e. The van der Waals surface area contributed by atoms with Crippen molar-refractivity contribution < 1.29 is 9.47 Å². The molecule has 0 fully saturated rings. The zero-order valence-corrected chi connectivity index (χ0v) is 12.6. The molecule has 1 rings (SSSR count). The highest BCUT2D eigenvalue weighted by Gasteiger charge is 2.11. The average molecular weight is 320 g/mol. The third-order valence-electron chi connectivity index (χ3n) is 2.26. The first-order valence-corrected chi connectivity index (χ1v) is 7.59. The van der Waals surface area contributed by atoms with Gasteiger partial charge in [0.15, 0.2) is 11.5 Å². The van der Waals surface area contributed by atoms with Crippen LogP contribution in [0.2, 0.25) is 0 Å². The van der Waals surface area contributed by atoms with Crippen molar-refractivity contribution in [1.82, 2.24) is 0 Å². The molecule has 0 amide bonds. The van der Waals surface area contributed by atoms with Gasteiger partial charge in [-0.25, -0.2) is 0 Å². The van der Waals surface area contributed by atoms with Crippen LogP contribution < -0.4 is 15.2 Å². The molecule has 1 aromatic rings. The summed E-state index contributed by atoms with van der Waals surface area (Å²) in [5, 5.41) is 0. The quantitative estimate of drug-likeness (QED) is 0.785. The molecular weight excluding hydrogens is 302 g/mol. The normalized spacial score (nSPS) is 10.4. The number of ether oxygens (including phenoxy) is 2. The number of thioether (sulfide) groups is 1. The Labute approximate surface area is 115 Å². The summed E-state index contributed by atoms with van der Waals surface area (Å²) in [6.07, 6.45) is 2.89.